The molecule has 5 nitrogen and oxygen atoms in total. The number of ether oxygens (including phenoxy) is 2. The number of nitrogens with two attached hydrogens (primary N) is 1. The van der Waals surface area contributed by atoms with Crippen molar-refractivity contribution in [3.05, 3.63) is 12.2 Å². The average Bonchev–Trinajstić information content (AvgIpc) is 2.84. The lowest BCUT2D eigenvalue weighted by Crippen LogP contribution is -2.33. The lowest BCUT2D eigenvalue weighted by Gasteiger charge is -2.09. The molecular weight excluding hydrogens is 357 g/mol. The second-order valence-corrected chi connectivity index (χ2v) is 4.74. The van der Waals surface area contributed by atoms with Gasteiger partial charge in [-0.25, -0.2) is 4.99 Å². The summed E-state index contributed by atoms with van der Waals surface area (Å²) < 4.78 is 10.9. The zero-order valence-corrected chi connectivity index (χ0v) is 14.0. The molecular formula is C13H26IN3O2. The number of nitrogens with one attached hydrogen (secondary N) is 1. The quantitative estimate of drug-likeness (QED) is 0.219. The van der Waals surface area contributed by atoms with Crippen molar-refractivity contribution in [1.29, 1.82) is 0 Å². The van der Waals surface area contributed by atoms with Crippen LogP contribution < -0.4 is 11.1 Å². The highest BCUT2D eigenvalue weighted by atomic mass is 127. The number of hydrogen-bond acceptors (Lipinski definition) is 3. The highest BCUT2D eigenvalue weighted by Gasteiger charge is 2.14. The molecule has 0 spiro atoms. The van der Waals surface area contributed by atoms with Crippen LogP contribution in [0.5, 0.6) is 0 Å². The minimum atomic E-state index is 0. The zero-order chi connectivity index (χ0) is 13.2. The summed E-state index contributed by atoms with van der Waals surface area (Å²) in [5.41, 5.74) is 6.68. The van der Waals surface area contributed by atoms with Gasteiger partial charge in [-0.2, -0.15) is 0 Å². The molecule has 3 N–H and O–H groups in total. The van der Waals surface area contributed by atoms with E-state index in [1.165, 1.54) is 0 Å². The number of aliphatic imine (C=N–C) groups is 1. The molecule has 112 valence electrons. The molecule has 0 saturated carbocycles. The Kier molecular flexibility index (Phi) is 11.3. The molecule has 0 amide bonds. The van der Waals surface area contributed by atoms with Crippen LogP contribution in [-0.4, -0.2) is 45.5 Å². The molecule has 0 aromatic rings. The van der Waals surface area contributed by atoms with Crippen molar-refractivity contribution in [3.63, 3.8) is 0 Å². The van der Waals surface area contributed by atoms with Crippen LogP contribution in [0.25, 0.3) is 0 Å². The number of nitrogens with zero attached hydrogens (tertiary/aromatic N) is 1. The molecule has 0 radical (unpaired) electrons. The third-order valence-corrected chi connectivity index (χ3v) is 2.67. The molecule has 1 aliphatic rings. The van der Waals surface area contributed by atoms with Crippen molar-refractivity contribution in [2.24, 2.45) is 16.6 Å². The van der Waals surface area contributed by atoms with Gasteiger partial charge in [-0.05, 0) is 19.8 Å². The SMILES string of the molecule is C=C(C)CN=C(N)NCCCOCC1CCOC1.I. The molecule has 1 unspecified atom stereocenters. The van der Waals surface area contributed by atoms with Crippen LogP contribution >= 0.6 is 24.0 Å². The van der Waals surface area contributed by atoms with Crippen molar-refractivity contribution in [2.45, 2.75) is 19.8 Å². The maximum atomic E-state index is 5.68. The highest BCUT2D eigenvalue weighted by Crippen LogP contribution is 2.12. The van der Waals surface area contributed by atoms with Crippen LogP contribution in [-0.2, 0) is 9.47 Å². The van der Waals surface area contributed by atoms with Crippen LogP contribution in [0, 0.1) is 5.92 Å². The van der Waals surface area contributed by atoms with Gasteiger partial charge in [0, 0.05) is 25.7 Å². The fourth-order valence-electron chi connectivity index (χ4n) is 1.63. The fraction of sp³-hybridized carbons (Fsp3) is 0.769. The van der Waals surface area contributed by atoms with Crippen LogP contribution in [0.4, 0.5) is 0 Å². The Balaban J connectivity index is 0.00000324. The molecule has 0 aromatic heterocycles. The standard InChI is InChI=1S/C13H25N3O2.HI/c1-11(2)8-16-13(14)15-5-3-6-17-9-12-4-7-18-10-12;/h12H,1,3-10H2,2H3,(H3,14,15,16);1H. The Morgan fingerprint density at radius 2 is 2.37 bits per heavy atom. The Labute approximate surface area is 133 Å². The molecule has 1 aliphatic heterocycles. The third-order valence-electron chi connectivity index (χ3n) is 2.67. The normalized spacial score (nSPS) is 19.0. The van der Waals surface area contributed by atoms with E-state index < -0.39 is 0 Å². The van der Waals surface area contributed by atoms with Gasteiger partial charge < -0.3 is 20.5 Å². The Morgan fingerprint density at radius 3 is 3.00 bits per heavy atom. The molecule has 6 heteroatoms. The molecule has 0 aromatic carbocycles. The van der Waals surface area contributed by atoms with Crippen LogP contribution in [0.3, 0.4) is 0 Å². The molecule has 1 fully saturated rings. The summed E-state index contributed by atoms with van der Waals surface area (Å²) in [6.07, 6.45) is 2.05. The van der Waals surface area contributed by atoms with Crippen LogP contribution in [0.15, 0.2) is 17.1 Å². The summed E-state index contributed by atoms with van der Waals surface area (Å²) in [7, 11) is 0. The van der Waals surface area contributed by atoms with Gasteiger partial charge in [-0.15, -0.1) is 24.0 Å². The highest BCUT2D eigenvalue weighted by molar-refractivity contribution is 14.0. The van der Waals surface area contributed by atoms with Gasteiger partial charge in [0.2, 0.25) is 0 Å². The van der Waals surface area contributed by atoms with E-state index in [0.717, 1.165) is 51.4 Å². The molecule has 1 rings (SSSR count). The fourth-order valence-corrected chi connectivity index (χ4v) is 1.63. The average molecular weight is 383 g/mol. The smallest absolute Gasteiger partial charge is 0.188 e. The summed E-state index contributed by atoms with van der Waals surface area (Å²) in [4.78, 5) is 4.13. The molecule has 1 atom stereocenters. The maximum absolute atomic E-state index is 5.68. The molecule has 19 heavy (non-hydrogen) atoms. The van der Waals surface area contributed by atoms with Gasteiger partial charge in [0.25, 0.3) is 0 Å². The molecule has 0 aliphatic carbocycles. The van der Waals surface area contributed by atoms with E-state index in [1.54, 1.807) is 0 Å². The number of hydrogen-bond donors (Lipinski definition) is 2. The number of rotatable bonds is 8. The maximum Gasteiger partial charge on any atom is 0.188 e. The van der Waals surface area contributed by atoms with Gasteiger partial charge in [-0.1, -0.05) is 12.2 Å². The van der Waals surface area contributed by atoms with E-state index in [9.17, 15) is 0 Å². The molecule has 1 heterocycles. The van der Waals surface area contributed by atoms with Crippen LogP contribution in [0.1, 0.15) is 19.8 Å². The summed E-state index contributed by atoms with van der Waals surface area (Å²) in [5, 5.41) is 3.05. The summed E-state index contributed by atoms with van der Waals surface area (Å²) in [6, 6.07) is 0. The van der Waals surface area contributed by atoms with E-state index in [2.05, 4.69) is 16.9 Å². The number of guanidine groups is 1. The third kappa shape index (κ3) is 10.1. The van der Waals surface area contributed by atoms with Gasteiger partial charge in [0.15, 0.2) is 5.96 Å². The van der Waals surface area contributed by atoms with Gasteiger partial charge in [-0.3, -0.25) is 0 Å². The Hall–Kier alpha value is -0.340. The van der Waals surface area contributed by atoms with E-state index in [-0.39, 0.29) is 24.0 Å². The largest absolute Gasteiger partial charge is 0.381 e. The first kappa shape index (κ1) is 18.7. The second-order valence-electron chi connectivity index (χ2n) is 4.74. The summed E-state index contributed by atoms with van der Waals surface area (Å²) in [5.74, 6) is 1.06. The van der Waals surface area contributed by atoms with Crippen molar-refractivity contribution in [2.75, 3.05) is 39.5 Å². The Bertz CT molecular complexity index is 279. The Morgan fingerprint density at radius 1 is 1.58 bits per heavy atom. The van der Waals surface area contributed by atoms with Crippen molar-refractivity contribution >= 4 is 29.9 Å². The van der Waals surface area contributed by atoms with E-state index in [4.69, 9.17) is 15.2 Å². The van der Waals surface area contributed by atoms with E-state index in [1.807, 2.05) is 6.92 Å². The molecule has 1 saturated heterocycles. The first-order chi connectivity index (χ1) is 8.68. The van der Waals surface area contributed by atoms with Crippen molar-refractivity contribution < 1.29 is 9.47 Å². The predicted molar refractivity (Wildman–Crippen MR) is 89.1 cm³/mol. The van der Waals surface area contributed by atoms with E-state index in [0.29, 0.717) is 18.4 Å². The minimum Gasteiger partial charge on any atom is -0.381 e. The molecule has 0 bridgehead atoms. The summed E-state index contributed by atoms with van der Waals surface area (Å²) in [6.45, 7) is 10.3. The first-order valence-electron chi connectivity index (χ1n) is 6.52. The topological polar surface area (TPSA) is 68.9 Å². The monoisotopic (exact) mass is 383 g/mol. The zero-order valence-electron chi connectivity index (χ0n) is 11.7. The number of halogens is 1. The predicted octanol–water partition coefficient (Wildman–Crippen LogP) is 1.53. The van der Waals surface area contributed by atoms with E-state index >= 15 is 0 Å². The van der Waals surface area contributed by atoms with Gasteiger partial charge in [0.1, 0.15) is 0 Å². The lowest BCUT2D eigenvalue weighted by atomic mass is 10.1. The second kappa shape index (κ2) is 11.5. The minimum absolute atomic E-state index is 0. The van der Waals surface area contributed by atoms with Gasteiger partial charge >= 0.3 is 0 Å². The van der Waals surface area contributed by atoms with Crippen LogP contribution in [0.2, 0.25) is 0 Å². The first-order valence-corrected chi connectivity index (χ1v) is 6.52. The van der Waals surface area contributed by atoms with Gasteiger partial charge in [0.05, 0.1) is 19.8 Å². The summed E-state index contributed by atoms with van der Waals surface area (Å²) >= 11 is 0. The van der Waals surface area contributed by atoms with Crippen molar-refractivity contribution in [3.8, 4) is 0 Å². The van der Waals surface area contributed by atoms with Crippen molar-refractivity contribution in [1.82, 2.24) is 5.32 Å². The lowest BCUT2D eigenvalue weighted by molar-refractivity contribution is 0.0888.